The molecule has 1 saturated heterocycles. The highest BCUT2D eigenvalue weighted by Crippen LogP contribution is 2.59. The van der Waals surface area contributed by atoms with Crippen LogP contribution >= 0.6 is 0 Å². The van der Waals surface area contributed by atoms with E-state index < -0.39 is 29.1 Å². The monoisotopic (exact) mass is 510 g/mol. The van der Waals surface area contributed by atoms with Gasteiger partial charge in [-0.05, 0) is 62.1 Å². The Bertz CT molecular complexity index is 1320. The molecule has 0 spiro atoms. The van der Waals surface area contributed by atoms with Crippen molar-refractivity contribution in [2.45, 2.75) is 56.9 Å². The van der Waals surface area contributed by atoms with Gasteiger partial charge < -0.3 is 10.2 Å². The van der Waals surface area contributed by atoms with Crippen LogP contribution in [0.1, 0.15) is 43.5 Å². The molecule has 1 aliphatic carbocycles. The zero-order valence-corrected chi connectivity index (χ0v) is 20.3. The van der Waals surface area contributed by atoms with E-state index in [1.54, 1.807) is 50.8 Å². The minimum absolute atomic E-state index is 0.0414. The average molecular weight is 511 g/mol. The van der Waals surface area contributed by atoms with Gasteiger partial charge in [-0.15, -0.1) is 0 Å². The first-order chi connectivity index (χ1) is 17.5. The van der Waals surface area contributed by atoms with Gasteiger partial charge in [0.2, 0.25) is 0 Å². The quantitative estimate of drug-likeness (QED) is 0.458. The number of hydrogen-bond donors (Lipinski definition) is 1. The maximum Gasteiger partial charge on any atom is 0.398 e. The molecule has 37 heavy (non-hydrogen) atoms. The topological polar surface area (TPSA) is 91.3 Å². The number of rotatable bonds is 7. The van der Waals surface area contributed by atoms with Gasteiger partial charge in [-0.25, -0.2) is 14.7 Å². The lowest BCUT2D eigenvalue weighted by molar-refractivity contribution is -0.160. The van der Waals surface area contributed by atoms with Gasteiger partial charge in [0, 0.05) is 25.1 Å². The summed E-state index contributed by atoms with van der Waals surface area (Å²) in [7, 11) is 0. The smallest absolute Gasteiger partial charge is 0.364 e. The second-order valence-corrected chi connectivity index (χ2v) is 9.79. The molecule has 8 nitrogen and oxygen atoms in total. The van der Waals surface area contributed by atoms with Crippen LogP contribution in [0.2, 0.25) is 0 Å². The number of imide groups is 1. The molecule has 2 fully saturated rings. The number of halogens is 3. The average Bonchev–Trinajstić information content (AvgIpc) is 3.67. The minimum Gasteiger partial charge on any atom is -0.364 e. The molecule has 1 aliphatic heterocycles. The second kappa shape index (κ2) is 8.82. The van der Waals surface area contributed by atoms with Crippen LogP contribution in [-0.4, -0.2) is 43.5 Å². The van der Waals surface area contributed by atoms with Crippen LogP contribution in [0, 0.1) is 0 Å². The SMILES string of the molecule is CC1(C)C(=O)N(c2ccc(C3(C(F)(F)F)CC3)cc2)C(=O)N1Cc1ccnc(NCc2cnccn2)c1. The fourth-order valence-corrected chi connectivity index (χ4v) is 4.57. The van der Waals surface area contributed by atoms with E-state index >= 15 is 0 Å². The molecule has 0 radical (unpaired) electrons. The van der Waals surface area contributed by atoms with E-state index in [2.05, 4.69) is 20.3 Å². The summed E-state index contributed by atoms with van der Waals surface area (Å²) < 4.78 is 40.5. The van der Waals surface area contributed by atoms with Gasteiger partial charge in [-0.3, -0.25) is 14.8 Å². The number of nitrogens with one attached hydrogen (secondary N) is 1. The first kappa shape index (κ1) is 24.7. The molecule has 1 saturated carbocycles. The van der Waals surface area contributed by atoms with Gasteiger partial charge in [0.05, 0.1) is 29.5 Å². The van der Waals surface area contributed by atoms with Crippen molar-refractivity contribution < 1.29 is 22.8 Å². The number of carbonyl (C=O) groups excluding carboxylic acids is 2. The lowest BCUT2D eigenvalue weighted by atomic mass is 9.95. The number of aromatic nitrogens is 3. The highest BCUT2D eigenvalue weighted by atomic mass is 19.4. The summed E-state index contributed by atoms with van der Waals surface area (Å²) >= 11 is 0. The van der Waals surface area contributed by atoms with Crippen molar-refractivity contribution in [1.29, 1.82) is 0 Å². The van der Waals surface area contributed by atoms with Crippen LogP contribution < -0.4 is 10.2 Å². The third-order valence-electron chi connectivity index (χ3n) is 7.03. The fourth-order valence-electron chi connectivity index (χ4n) is 4.57. The summed E-state index contributed by atoms with van der Waals surface area (Å²) in [5.74, 6) is 0.127. The Morgan fingerprint density at radius 2 is 1.73 bits per heavy atom. The Labute approximate surface area is 211 Å². The summed E-state index contributed by atoms with van der Waals surface area (Å²) in [6.07, 6.45) is 2.18. The molecule has 0 atom stereocenters. The van der Waals surface area contributed by atoms with Gasteiger partial charge in [0.25, 0.3) is 5.91 Å². The van der Waals surface area contributed by atoms with E-state index in [1.165, 1.54) is 29.2 Å². The van der Waals surface area contributed by atoms with E-state index in [1.807, 2.05) is 0 Å². The van der Waals surface area contributed by atoms with Crippen molar-refractivity contribution in [3.8, 4) is 0 Å². The largest absolute Gasteiger partial charge is 0.398 e. The van der Waals surface area contributed by atoms with Crippen molar-refractivity contribution in [2.24, 2.45) is 0 Å². The summed E-state index contributed by atoms with van der Waals surface area (Å²) in [5.41, 5.74) is -1.10. The summed E-state index contributed by atoms with van der Waals surface area (Å²) in [6, 6.07) is 8.56. The first-order valence-corrected chi connectivity index (χ1v) is 11.8. The Morgan fingerprint density at radius 1 is 1.00 bits per heavy atom. The molecular formula is C26H25F3N6O2. The van der Waals surface area contributed by atoms with Crippen molar-refractivity contribution in [2.75, 3.05) is 10.2 Å². The van der Waals surface area contributed by atoms with Crippen molar-refractivity contribution >= 4 is 23.4 Å². The third-order valence-corrected chi connectivity index (χ3v) is 7.03. The summed E-state index contributed by atoms with van der Waals surface area (Å²) in [4.78, 5) is 41.7. The Hall–Kier alpha value is -4.02. The molecule has 3 amide bonds. The van der Waals surface area contributed by atoms with Gasteiger partial charge in [-0.2, -0.15) is 13.2 Å². The lowest BCUT2D eigenvalue weighted by Gasteiger charge is -2.27. The zero-order chi connectivity index (χ0) is 26.4. The molecule has 5 rings (SSSR count). The number of alkyl halides is 3. The van der Waals surface area contributed by atoms with Crippen LogP contribution in [0.5, 0.6) is 0 Å². The van der Waals surface area contributed by atoms with E-state index in [0.717, 1.165) is 16.2 Å². The van der Waals surface area contributed by atoms with Crippen LogP contribution in [0.4, 0.5) is 29.5 Å². The molecule has 2 aliphatic rings. The van der Waals surface area contributed by atoms with Crippen LogP contribution in [0.15, 0.2) is 61.2 Å². The molecule has 192 valence electrons. The highest BCUT2D eigenvalue weighted by Gasteiger charge is 2.64. The van der Waals surface area contributed by atoms with E-state index in [4.69, 9.17) is 0 Å². The van der Waals surface area contributed by atoms with Gasteiger partial charge in [0.15, 0.2) is 0 Å². The molecule has 3 aromatic rings. The number of pyridine rings is 1. The van der Waals surface area contributed by atoms with Crippen LogP contribution in [-0.2, 0) is 23.3 Å². The first-order valence-electron chi connectivity index (χ1n) is 11.8. The maximum atomic E-state index is 13.5. The van der Waals surface area contributed by atoms with Crippen molar-refractivity contribution in [3.05, 3.63) is 78.0 Å². The molecular weight excluding hydrogens is 485 g/mol. The Morgan fingerprint density at radius 3 is 2.35 bits per heavy atom. The van der Waals surface area contributed by atoms with Gasteiger partial charge in [-0.1, -0.05) is 12.1 Å². The Kier molecular flexibility index (Phi) is 5.88. The molecule has 3 heterocycles. The van der Waals surface area contributed by atoms with Crippen LogP contribution in [0.3, 0.4) is 0 Å². The number of nitrogens with zero attached hydrogens (tertiary/aromatic N) is 5. The predicted octanol–water partition coefficient (Wildman–Crippen LogP) is 4.83. The zero-order valence-electron chi connectivity index (χ0n) is 20.3. The number of carbonyl (C=O) groups is 2. The minimum atomic E-state index is -4.33. The van der Waals surface area contributed by atoms with E-state index in [-0.39, 0.29) is 30.6 Å². The predicted molar refractivity (Wildman–Crippen MR) is 130 cm³/mol. The molecule has 0 bridgehead atoms. The van der Waals surface area contributed by atoms with E-state index in [0.29, 0.717) is 12.4 Å². The standard InChI is InChI=1S/C26H25F3N6O2/c1-24(2)22(36)35(20-5-3-18(4-6-20)25(8-9-25)26(27,28)29)23(37)34(24)16-17-7-10-32-21(13-17)33-15-19-14-30-11-12-31-19/h3-7,10-14H,8-9,15-16H2,1-2H3,(H,32,33). The molecule has 1 N–H and O–H groups in total. The molecule has 0 unspecified atom stereocenters. The number of urea groups is 1. The fraction of sp³-hybridized carbons (Fsp3) is 0.346. The third kappa shape index (κ3) is 4.38. The van der Waals surface area contributed by atoms with Crippen molar-refractivity contribution in [1.82, 2.24) is 19.9 Å². The Balaban J connectivity index is 1.33. The number of amides is 3. The van der Waals surface area contributed by atoms with Gasteiger partial charge in [0.1, 0.15) is 11.4 Å². The van der Waals surface area contributed by atoms with Crippen molar-refractivity contribution in [3.63, 3.8) is 0 Å². The second-order valence-electron chi connectivity index (χ2n) is 9.79. The normalized spacial score (nSPS) is 18.3. The molecule has 1 aromatic carbocycles. The molecule has 2 aromatic heterocycles. The van der Waals surface area contributed by atoms with Crippen LogP contribution in [0.25, 0.3) is 0 Å². The summed E-state index contributed by atoms with van der Waals surface area (Å²) in [6.45, 7) is 3.86. The molecule has 11 heteroatoms. The van der Waals surface area contributed by atoms with Gasteiger partial charge >= 0.3 is 12.2 Å². The number of hydrogen-bond acceptors (Lipinski definition) is 6. The number of anilines is 2. The number of benzene rings is 1. The summed E-state index contributed by atoms with van der Waals surface area (Å²) in [5, 5.41) is 3.16. The maximum absolute atomic E-state index is 13.5. The lowest BCUT2D eigenvalue weighted by Crippen LogP contribution is -2.43. The van der Waals surface area contributed by atoms with E-state index in [9.17, 15) is 22.8 Å². The highest BCUT2D eigenvalue weighted by molar-refractivity contribution is 6.22.